The molecule has 0 radical (unpaired) electrons. The molecule has 0 aromatic carbocycles. The first-order valence-electron chi connectivity index (χ1n) is 16.1. The van der Waals surface area contributed by atoms with E-state index < -0.39 is 11.2 Å². The fourth-order valence-electron chi connectivity index (χ4n) is 5.78. The van der Waals surface area contributed by atoms with Gasteiger partial charge in [-0.05, 0) is 102 Å². The zero-order chi connectivity index (χ0) is 35.5. The molecule has 2 unspecified atom stereocenters. The summed E-state index contributed by atoms with van der Waals surface area (Å²) in [6, 6.07) is 3.86. The first-order chi connectivity index (χ1) is 22.6. The fraction of sp³-hybridized carbons (Fsp3) is 0.588. The quantitative estimate of drug-likeness (QED) is 0.241. The number of aromatic nitrogens is 2. The Hall–Kier alpha value is -3.88. The number of nitriles is 2. The second kappa shape index (κ2) is 17.5. The molecule has 4 heterocycles. The predicted molar refractivity (Wildman–Crippen MR) is 190 cm³/mol. The molecule has 2 N–H and O–H groups in total. The highest BCUT2D eigenvalue weighted by molar-refractivity contribution is 8.04. The first kappa shape index (κ1) is 38.6. The highest BCUT2D eigenvalue weighted by Gasteiger charge is 2.30. The summed E-state index contributed by atoms with van der Waals surface area (Å²) in [5.41, 5.74) is 0.954. The summed E-state index contributed by atoms with van der Waals surface area (Å²) in [5, 5.41) is 28.1. The molecule has 48 heavy (non-hydrogen) atoms. The van der Waals surface area contributed by atoms with Gasteiger partial charge in [-0.25, -0.2) is 9.59 Å². The zero-order valence-corrected chi connectivity index (χ0v) is 30.8. The minimum atomic E-state index is -0.508. The maximum atomic E-state index is 12.0. The number of piperidine rings is 2. The Bertz CT molecular complexity index is 1360. The summed E-state index contributed by atoms with van der Waals surface area (Å²) >= 11 is 2.22. The minimum absolute atomic E-state index is 0.0108. The van der Waals surface area contributed by atoms with Gasteiger partial charge in [0.2, 0.25) is 0 Å². The number of hydrogen-bond acceptors (Lipinski definition) is 12. The van der Waals surface area contributed by atoms with Gasteiger partial charge < -0.3 is 29.9 Å². The first-order valence-corrected chi connectivity index (χ1v) is 17.7. The lowest BCUT2D eigenvalue weighted by Crippen LogP contribution is -2.51. The van der Waals surface area contributed by atoms with Gasteiger partial charge in [0.05, 0.1) is 21.2 Å². The lowest BCUT2D eigenvalue weighted by atomic mass is 9.95. The van der Waals surface area contributed by atoms with Crippen LogP contribution in [0.25, 0.3) is 0 Å². The average Bonchev–Trinajstić information content (AvgIpc) is 2.96. The zero-order valence-electron chi connectivity index (χ0n) is 29.1. The van der Waals surface area contributed by atoms with Crippen molar-refractivity contribution in [3.8, 4) is 10.8 Å². The topological polar surface area (TPSA) is 156 Å². The van der Waals surface area contributed by atoms with Gasteiger partial charge in [-0.3, -0.25) is 9.97 Å². The number of rotatable bonds is 6. The molecule has 2 fully saturated rings. The van der Waals surface area contributed by atoms with E-state index in [4.69, 9.17) is 20.0 Å². The van der Waals surface area contributed by atoms with Gasteiger partial charge in [-0.1, -0.05) is 13.8 Å². The van der Waals surface area contributed by atoms with E-state index in [1.54, 1.807) is 24.8 Å². The predicted octanol–water partition coefficient (Wildman–Crippen LogP) is 6.79. The monoisotopic (exact) mass is 696 g/mol. The number of nitrogens with one attached hydrogen (secondary N) is 2. The van der Waals surface area contributed by atoms with E-state index in [2.05, 4.69) is 55.1 Å². The molecule has 14 heteroatoms. The van der Waals surface area contributed by atoms with E-state index in [-0.39, 0.29) is 24.3 Å². The number of ether oxygens (including phenoxy) is 2. The van der Waals surface area contributed by atoms with Crippen LogP contribution in [-0.2, 0) is 9.47 Å². The van der Waals surface area contributed by atoms with Crippen molar-refractivity contribution < 1.29 is 19.1 Å². The van der Waals surface area contributed by atoms with Crippen molar-refractivity contribution in [1.29, 1.82) is 10.5 Å². The van der Waals surface area contributed by atoms with Gasteiger partial charge in [0.15, 0.2) is 0 Å². The lowest BCUT2D eigenvalue weighted by molar-refractivity contribution is 0.0483. The number of hydrogen-bond donors (Lipinski definition) is 2. The van der Waals surface area contributed by atoms with Crippen molar-refractivity contribution in [2.45, 2.75) is 101 Å². The summed E-state index contributed by atoms with van der Waals surface area (Å²) in [6.07, 6.45) is 7.91. The molecule has 2 aromatic heterocycles. The molecule has 0 aliphatic carbocycles. The van der Waals surface area contributed by atoms with Gasteiger partial charge in [0.25, 0.3) is 0 Å². The average molecular weight is 697 g/mol. The third-order valence-electron chi connectivity index (χ3n) is 7.28. The molecule has 2 aromatic rings. The normalized spacial score (nSPS) is 21.0. The van der Waals surface area contributed by atoms with Crippen LogP contribution in [0.2, 0.25) is 0 Å². The summed E-state index contributed by atoms with van der Waals surface area (Å²) in [5.74, 6) is 0.846. The molecule has 0 spiro atoms. The second-order valence-electron chi connectivity index (χ2n) is 14.3. The van der Waals surface area contributed by atoms with E-state index in [0.717, 1.165) is 70.6 Å². The van der Waals surface area contributed by atoms with Crippen LogP contribution >= 0.6 is 23.5 Å². The number of nitrogens with zero attached hydrogens (tertiary/aromatic N) is 6. The number of thioether (sulfide) groups is 2. The van der Waals surface area contributed by atoms with Crippen molar-refractivity contribution in [3.63, 3.8) is 0 Å². The molecule has 2 amide bonds. The van der Waals surface area contributed by atoms with Crippen molar-refractivity contribution >= 4 is 47.1 Å². The number of alkyl carbamates (subject to hydrolysis) is 2. The molecule has 260 valence electrons. The van der Waals surface area contributed by atoms with Crippen LogP contribution in [0, 0.1) is 33.2 Å². The summed E-state index contributed by atoms with van der Waals surface area (Å²) in [4.78, 5) is 38.4. The number of pyridine rings is 2. The van der Waals surface area contributed by atoms with Crippen molar-refractivity contribution in [2.24, 2.45) is 11.8 Å². The third-order valence-corrected chi connectivity index (χ3v) is 8.53. The molecule has 4 atom stereocenters. The van der Waals surface area contributed by atoms with E-state index in [9.17, 15) is 9.59 Å². The number of thiocyanates is 2. The molecule has 2 aliphatic rings. The Morgan fingerprint density at radius 1 is 0.750 bits per heavy atom. The third kappa shape index (κ3) is 13.0. The largest absolute Gasteiger partial charge is 0.444 e. The van der Waals surface area contributed by atoms with Crippen LogP contribution < -0.4 is 20.4 Å². The maximum absolute atomic E-state index is 12.0. The highest BCUT2D eigenvalue weighted by atomic mass is 32.2. The second-order valence-corrected chi connectivity index (χ2v) is 15.9. The van der Waals surface area contributed by atoms with Gasteiger partial charge in [0.1, 0.15) is 22.0 Å². The van der Waals surface area contributed by atoms with E-state index in [1.165, 1.54) is 0 Å². The number of carbonyl (C=O) groups is 2. The Morgan fingerprint density at radius 2 is 1.12 bits per heavy atom. The van der Waals surface area contributed by atoms with E-state index in [0.29, 0.717) is 24.9 Å². The Labute approximate surface area is 293 Å². The molecular formula is C34H48N8O4S2. The Balaban J connectivity index is 0.000000260. The van der Waals surface area contributed by atoms with Gasteiger partial charge in [0, 0.05) is 63.1 Å². The molecule has 2 aliphatic heterocycles. The smallest absolute Gasteiger partial charge is 0.407 e. The van der Waals surface area contributed by atoms with Crippen molar-refractivity contribution in [1.82, 2.24) is 20.6 Å². The summed E-state index contributed by atoms with van der Waals surface area (Å²) < 4.78 is 10.7. The number of anilines is 2. The highest BCUT2D eigenvalue weighted by Crippen LogP contribution is 2.33. The minimum Gasteiger partial charge on any atom is -0.444 e. The summed E-state index contributed by atoms with van der Waals surface area (Å²) in [6.45, 7) is 18.6. The van der Waals surface area contributed by atoms with E-state index >= 15 is 0 Å². The molecule has 12 nitrogen and oxygen atoms in total. The van der Waals surface area contributed by atoms with Gasteiger partial charge >= 0.3 is 12.2 Å². The molecule has 4 rings (SSSR count). The van der Waals surface area contributed by atoms with E-state index in [1.807, 2.05) is 53.7 Å². The molecular weight excluding hydrogens is 649 g/mol. The Kier molecular flexibility index (Phi) is 14.1. The van der Waals surface area contributed by atoms with Crippen LogP contribution in [0.3, 0.4) is 0 Å². The Morgan fingerprint density at radius 3 is 1.46 bits per heavy atom. The molecule has 0 bridgehead atoms. The van der Waals surface area contributed by atoms with Crippen LogP contribution in [-0.4, -0.2) is 71.6 Å². The summed E-state index contributed by atoms with van der Waals surface area (Å²) in [7, 11) is 0. The van der Waals surface area contributed by atoms with Crippen molar-refractivity contribution in [2.75, 3.05) is 36.0 Å². The molecule has 0 saturated carbocycles. The van der Waals surface area contributed by atoms with Gasteiger partial charge in [-0.15, -0.1) is 0 Å². The van der Waals surface area contributed by atoms with Crippen LogP contribution in [0.4, 0.5) is 21.0 Å². The van der Waals surface area contributed by atoms with Crippen molar-refractivity contribution in [3.05, 3.63) is 36.9 Å². The standard InChI is InChI=1S/2C17H24N4O2S/c2*1-12-7-13(20-16(22)23-17(2,3)4)10-21(9-12)14-5-6-19-8-15(14)24-11-18/h2*5-6,8,12-13H,7,9-10H2,1-4H3,(H,20,22)/t2*12-,13?/m10/s1. The number of amides is 2. The maximum Gasteiger partial charge on any atom is 0.407 e. The lowest BCUT2D eigenvalue weighted by Gasteiger charge is -2.38. The van der Waals surface area contributed by atoms with Gasteiger partial charge in [-0.2, -0.15) is 10.5 Å². The molecule has 2 saturated heterocycles. The van der Waals surface area contributed by atoms with Crippen LogP contribution in [0.1, 0.15) is 68.2 Å². The fourth-order valence-corrected chi connectivity index (χ4v) is 6.80. The van der Waals surface area contributed by atoms with Crippen LogP contribution in [0.5, 0.6) is 0 Å². The number of carbonyl (C=O) groups excluding carboxylic acids is 2. The SMILES string of the molecule is C[C@@H]1CC(NC(=O)OC(C)(C)C)CN(c2ccncc2SC#N)C1.C[C@H]1CC(NC(=O)OC(C)(C)C)CN(c2ccncc2SC#N)C1. The van der Waals surface area contributed by atoms with Crippen LogP contribution in [0.15, 0.2) is 46.7 Å².